The molecule has 6 heteroatoms. The predicted molar refractivity (Wildman–Crippen MR) is 63.6 cm³/mol. The predicted octanol–water partition coefficient (Wildman–Crippen LogP) is 2.75. The standard InChI is InChI=1S/C12H15F3N2O/c1-16-10-6-4-3-5-9(10)11(18)17(2)8-7-12(13,14)15/h3-6,16H,7-8H2,1-2H3. The Morgan fingerprint density at radius 1 is 1.33 bits per heavy atom. The molecular weight excluding hydrogens is 245 g/mol. The molecule has 0 spiro atoms. The third-order valence-electron chi connectivity index (χ3n) is 2.50. The average Bonchev–Trinajstić information content (AvgIpc) is 2.34. The second-order valence-electron chi connectivity index (χ2n) is 3.89. The van der Waals surface area contributed by atoms with Crippen LogP contribution < -0.4 is 5.32 Å². The van der Waals surface area contributed by atoms with Crippen LogP contribution in [-0.4, -0.2) is 37.6 Å². The Balaban J connectivity index is 2.74. The lowest BCUT2D eigenvalue weighted by Crippen LogP contribution is -2.31. The van der Waals surface area contributed by atoms with E-state index in [1.165, 1.54) is 7.05 Å². The third-order valence-corrected chi connectivity index (χ3v) is 2.50. The van der Waals surface area contributed by atoms with Gasteiger partial charge in [0, 0.05) is 26.3 Å². The smallest absolute Gasteiger partial charge is 0.387 e. The molecule has 0 saturated carbocycles. The average molecular weight is 260 g/mol. The highest BCUT2D eigenvalue weighted by atomic mass is 19.4. The maximum atomic E-state index is 12.1. The topological polar surface area (TPSA) is 32.3 Å². The molecule has 0 radical (unpaired) electrons. The van der Waals surface area contributed by atoms with Crippen molar-refractivity contribution in [2.24, 2.45) is 0 Å². The van der Waals surface area contributed by atoms with Gasteiger partial charge >= 0.3 is 6.18 Å². The number of nitrogens with zero attached hydrogens (tertiary/aromatic N) is 1. The Morgan fingerprint density at radius 2 is 1.94 bits per heavy atom. The molecular formula is C12H15F3N2O. The number of hydrogen-bond acceptors (Lipinski definition) is 2. The maximum absolute atomic E-state index is 12.1. The van der Waals surface area contributed by atoms with E-state index in [1.807, 2.05) is 0 Å². The van der Waals surface area contributed by atoms with Crippen LogP contribution in [0.1, 0.15) is 16.8 Å². The molecule has 3 nitrogen and oxygen atoms in total. The summed E-state index contributed by atoms with van der Waals surface area (Å²) in [5, 5.41) is 2.83. The van der Waals surface area contributed by atoms with Gasteiger partial charge in [0.2, 0.25) is 0 Å². The van der Waals surface area contributed by atoms with Gasteiger partial charge in [-0.05, 0) is 12.1 Å². The number of alkyl halides is 3. The van der Waals surface area contributed by atoms with Gasteiger partial charge in [-0.25, -0.2) is 0 Å². The zero-order valence-electron chi connectivity index (χ0n) is 10.2. The molecule has 1 rings (SSSR count). The van der Waals surface area contributed by atoms with Crippen LogP contribution in [0.15, 0.2) is 24.3 Å². The quantitative estimate of drug-likeness (QED) is 0.902. The fourth-order valence-electron chi connectivity index (χ4n) is 1.49. The van der Waals surface area contributed by atoms with Crippen molar-refractivity contribution in [1.29, 1.82) is 0 Å². The summed E-state index contributed by atoms with van der Waals surface area (Å²) >= 11 is 0. The summed E-state index contributed by atoms with van der Waals surface area (Å²) in [5.41, 5.74) is 0.964. The molecule has 18 heavy (non-hydrogen) atoms. The fourth-order valence-corrected chi connectivity index (χ4v) is 1.49. The minimum absolute atomic E-state index is 0.347. The molecule has 0 unspecified atom stereocenters. The van der Waals surface area contributed by atoms with E-state index in [9.17, 15) is 18.0 Å². The van der Waals surface area contributed by atoms with Gasteiger partial charge in [-0.2, -0.15) is 13.2 Å². The molecule has 0 bridgehead atoms. The highest BCUT2D eigenvalue weighted by molar-refractivity contribution is 5.99. The van der Waals surface area contributed by atoms with Crippen molar-refractivity contribution in [2.45, 2.75) is 12.6 Å². The van der Waals surface area contributed by atoms with Crippen molar-refractivity contribution >= 4 is 11.6 Å². The summed E-state index contributed by atoms with van der Waals surface area (Å²) in [6.07, 6.45) is -5.26. The van der Waals surface area contributed by atoms with Gasteiger partial charge in [-0.3, -0.25) is 4.79 Å². The number of carbonyl (C=O) groups is 1. The van der Waals surface area contributed by atoms with Crippen LogP contribution in [0.5, 0.6) is 0 Å². The van der Waals surface area contributed by atoms with Crippen molar-refractivity contribution in [1.82, 2.24) is 4.90 Å². The molecule has 0 saturated heterocycles. The summed E-state index contributed by atoms with van der Waals surface area (Å²) in [7, 11) is 3.02. The Labute approximate surface area is 104 Å². The van der Waals surface area contributed by atoms with Crippen LogP contribution in [0.2, 0.25) is 0 Å². The van der Waals surface area contributed by atoms with Crippen LogP contribution in [0.3, 0.4) is 0 Å². The molecule has 0 atom stereocenters. The zero-order valence-corrected chi connectivity index (χ0v) is 10.2. The van der Waals surface area contributed by atoms with Crippen molar-refractivity contribution in [3.05, 3.63) is 29.8 Å². The minimum atomic E-state index is -4.25. The molecule has 0 fully saturated rings. The molecule has 0 aromatic heterocycles. The Hall–Kier alpha value is -1.72. The SMILES string of the molecule is CNc1ccccc1C(=O)N(C)CCC(F)(F)F. The zero-order chi connectivity index (χ0) is 13.8. The second-order valence-corrected chi connectivity index (χ2v) is 3.89. The summed E-state index contributed by atoms with van der Waals surface area (Å²) in [6.45, 7) is -0.347. The van der Waals surface area contributed by atoms with E-state index in [0.717, 1.165) is 4.90 Å². The van der Waals surface area contributed by atoms with Crippen molar-refractivity contribution in [2.75, 3.05) is 26.0 Å². The summed E-state index contributed by atoms with van der Waals surface area (Å²) in [5.74, 6) is -0.427. The van der Waals surface area contributed by atoms with Crippen molar-refractivity contribution in [3.63, 3.8) is 0 Å². The highest BCUT2D eigenvalue weighted by Crippen LogP contribution is 2.21. The lowest BCUT2D eigenvalue weighted by atomic mass is 10.1. The first-order chi connectivity index (χ1) is 8.35. The van der Waals surface area contributed by atoms with E-state index in [2.05, 4.69) is 5.32 Å². The van der Waals surface area contributed by atoms with Crippen molar-refractivity contribution < 1.29 is 18.0 Å². The Morgan fingerprint density at radius 3 is 2.50 bits per heavy atom. The van der Waals surface area contributed by atoms with E-state index in [4.69, 9.17) is 0 Å². The fraction of sp³-hybridized carbons (Fsp3) is 0.417. The lowest BCUT2D eigenvalue weighted by Gasteiger charge is -2.19. The first kappa shape index (κ1) is 14.3. The minimum Gasteiger partial charge on any atom is -0.387 e. The van der Waals surface area contributed by atoms with E-state index in [-0.39, 0.29) is 6.54 Å². The normalized spacial score (nSPS) is 11.2. The number of amides is 1. The van der Waals surface area contributed by atoms with Gasteiger partial charge in [0.15, 0.2) is 0 Å². The van der Waals surface area contributed by atoms with Crippen LogP contribution >= 0.6 is 0 Å². The molecule has 1 aromatic rings. The largest absolute Gasteiger partial charge is 0.390 e. The number of carbonyl (C=O) groups excluding carboxylic acids is 1. The van der Waals surface area contributed by atoms with Gasteiger partial charge in [-0.1, -0.05) is 12.1 Å². The van der Waals surface area contributed by atoms with Crippen LogP contribution in [0.4, 0.5) is 18.9 Å². The van der Waals surface area contributed by atoms with E-state index >= 15 is 0 Å². The first-order valence-electron chi connectivity index (χ1n) is 5.44. The van der Waals surface area contributed by atoms with E-state index < -0.39 is 18.5 Å². The maximum Gasteiger partial charge on any atom is 0.390 e. The summed E-state index contributed by atoms with van der Waals surface area (Å²) < 4.78 is 36.2. The molecule has 0 aliphatic carbocycles. The van der Waals surface area contributed by atoms with Gasteiger partial charge in [0.1, 0.15) is 0 Å². The number of hydrogen-bond donors (Lipinski definition) is 1. The van der Waals surface area contributed by atoms with Gasteiger partial charge in [-0.15, -0.1) is 0 Å². The monoisotopic (exact) mass is 260 g/mol. The van der Waals surface area contributed by atoms with Gasteiger partial charge < -0.3 is 10.2 Å². The van der Waals surface area contributed by atoms with Crippen molar-refractivity contribution in [3.8, 4) is 0 Å². The number of para-hydroxylation sites is 1. The molecule has 0 aliphatic rings. The van der Waals surface area contributed by atoms with Gasteiger partial charge in [0.25, 0.3) is 5.91 Å². The molecule has 1 amide bonds. The Bertz CT molecular complexity index is 418. The number of rotatable bonds is 4. The van der Waals surface area contributed by atoms with E-state index in [0.29, 0.717) is 11.3 Å². The molecule has 1 N–H and O–H groups in total. The summed E-state index contributed by atoms with van der Waals surface area (Å²) in [6, 6.07) is 6.70. The summed E-state index contributed by atoms with van der Waals surface area (Å²) in [4.78, 5) is 13.0. The number of benzene rings is 1. The molecule has 0 heterocycles. The molecule has 100 valence electrons. The third kappa shape index (κ3) is 3.94. The highest BCUT2D eigenvalue weighted by Gasteiger charge is 2.28. The lowest BCUT2D eigenvalue weighted by molar-refractivity contribution is -0.136. The number of anilines is 1. The number of nitrogens with one attached hydrogen (secondary N) is 1. The Kier molecular flexibility index (Phi) is 4.58. The number of halogens is 3. The first-order valence-corrected chi connectivity index (χ1v) is 5.44. The molecule has 1 aromatic carbocycles. The van der Waals surface area contributed by atoms with Gasteiger partial charge in [0.05, 0.1) is 12.0 Å². The van der Waals surface area contributed by atoms with Crippen LogP contribution in [-0.2, 0) is 0 Å². The van der Waals surface area contributed by atoms with Crippen LogP contribution in [0.25, 0.3) is 0 Å². The second kappa shape index (κ2) is 5.75. The van der Waals surface area contributed by atoms with Crippen LogP contribution in [0, 0.1) is 0 Å². The van der Waals surface area contributed by atoms with E-state index in [1.54, 1.807) is 31.3 Å². The molecule has 0 aliphatic heterocycles.